The molecule has 0 aromatic heterocycles. The van der Waals surface area contributed by atoms with Crippen molar-refractivity contribution in [3.8, 4) is 0 Å². The summed E-state index contributed by atoms with van der Waals surface area (Å²) in [5, 5.41) is 0. The monoisotopic (exact) mass is 187 g/mol. The van der Waals surface area contributed by atoms with Crippen molar-refractivity contribution in [3.05, 3.63) is 0 Å². The summed E-state index contributed by atoms with van der Waals surface area (Å²) >= 11 is 0. The summed E-state index contributed by atoms with van der Waals surface area (Å²) in [6.07, 6.45) is 2.43. The van der Waals surface area contributed by atoms with Crippen molar-refractivity contribution in [1.82, 2.24) is 4.90 Å². The van der Waals surface area contributed by atoms with Crippen LogP contribution >= 0.6 is 0 Å². The molecule has 2 heteroatoms. The Morgan fingerprint density at radius 3 is 2.54 bits per heavy atom. The normalized spacial score (nSPS) is 13.6. The van der Waals surface area contributed by atoms with Gasteiger partial charge in [0.25, 0.3) is 0 Å². The summed E-state index contributed by atoms with van der Waals surface area (Å²) in [5.74, 6) is 0.753. The Kier molecular flexibility index (Phi) is 8.46. The second-order valence-electron chi connectivity index (χ2n) is 3.85. The minimum atomic E-state index is 0.753. The number of ether oxygens (including phenoxy) is 1. The molecule has 1 atom stereocenters. The van der Waals surface area contributed by atoms with Gasteiger partial charge in [-0.25, -0.2) is 0 Å². The van der Waals surface area contributed by atoms with Crippen LogP contribution in [0.3, 0.4) is 0 Å². The molecule has 0 saturated carbocycles. The predicted molar refractivity (Wildman–Crippen MR) is 58.1 cm³/mol. The Bertz CT molecular complexity index is 106. The Labute approximate surface area is 83.3 Å². The first-order valence-corrected chi connectivity index (χ1v) is 5.47. The average molecular weight is 187 g/mol. The standard InChI is InChI=1S/C11H25NO/c1-5-8-12(4)10-11(3)7-9-13-6-2/h11H,5-10H2,1-4H3. The molecule has 2 nitrogen and oxygen atoms in total. The molecule has 0 N–H and O–H groups in total. The third kappa shape index (κ3) is 8.26. The van der Waals surface area contributed by atoms with E-state index in [2.05, 4.69) is 25.8 Å². The van der Waals surface area contributed by atoms with E-state index in [1.165, 1.54) is 25.9 Å². The highest BCUT2D eigenvalue weighted by molar-refractivity contribution is 4.58. The smallest absolute Gasteiger partial charge is 0.0468 e. The van der Waals surface area contributed by atoms with Crippen molar-refractivity contribution in [2.75, 3.05) is 33.4 Å². The maximum absolute atomic E-state index is 5.33. The lowest BCUT2D eigenvalue weighted by atomic mass is 10.1. The van der Waals surface area contributed by atoms with Gasteiger partial charge in [-0.1, -0.05) is 13.8 Å². The molecule has 0 aliphatic carbocycles. The second-order valence-corrected chi connectivity index (χ2v) is 3.85. The number of hydrogen-bond acceptors (Lipinski definition) is 2. The van der Waals surface area contributed by atoms with E-state index in [1.54, 1.807) is 0 Å². The van der Waals surface area contributed by atoms with Crippen molar-refractivity contribution in [3.63, 3.8) is 0 Å². The maximum atomic E-state index is 5.33. The second kappa shape index (κ2) is 8.52. The molecular formula is C11H25NO. The fourth-order valence-corrected chi connectivity index (χ4v) is 1.53. The number of hydrogen-bond donors (Lipinski definition) is 0. The van der Waals surface area contributed by atoms with Gasteiger partial charge in [-0.05, 0) is 39.3 Å². The van der Waals surface area contributed by atoms with Crippen molar-refractivity contribution in [1.29, 1.82) is 0 Å². The highest BCUT2D eigenvalue weighted by Crippen LogP contribution is 2.04. The molecular weight excluding hydrogens is 162 g/mol. The molecule has 0 aromatic carbocycles. The first-order chi connectivity index (χ1) is 6.20. The molecule has 13 heavy (non-hydrogen) atoms. The average Bonchev–Trinajstić information content (AvgIpc) is 2.05. The van der Waals surface area contributed by atoms with Crippen molar-refractivity contribution in [2.45, 2.75) is 33.6 Å². The summed E-state index contributed by atoms with van der Waals surface area (Å²) in [6.45, 7) is 10.7. The molecule has 0 spiro atoms. The minimum Gasteiger partial charge on any atom is -0.382 e. The summed E-state index contributed by atoms with van der Waals surface area (Å²) in [5.41, 5.74) is 0. The summed E-state index contributed by atoms with van der Waals surface area (Å²) in [7, 11) is 2.20. The lowest BCUT2D eigenvalue weighted by Crippen LogP contribution is -2.25. The molecule has 0 amide bonds. The SMILES string of the molecule is CCCN(C)CC(C)CCOCC. The van der Waals surface area contributed by atoms with Gasteiger partial charge in [0.2, 0.25) is 0 Å². The number of nitrogens with zero attached hydrogens (tertiary/aromatic N) is 1. The molecule has 0 saturated heterocycles. The molecule has 80 valence electrons. The van der Waals surface area contributed by atoms with Crippen LogP contribution in [0.4, 0.5) is 0 Å². The minimum absolute atomic E-state index is 0.753. The van der Waals surface area contributed by atoms with Gasteiger partial charge in [-0.15, -0.1) is 0 Å². The summed E-state index contributed by atoms with van der Waals surface area (Å²) < 4.78 is 5.33. The van der Waals surface area contributed by atoms with Crippen LogP contribution in [0.5, 0.6) is 0 Å². The van der Waals surface area contributed by atoms with Crippen LogP contribution in [0.15, 0.2) is 0 Å². The van der Waals surface area contributed by atoms with E-state index in [0.29, 0.717) is 0 Å². The van der Waals surface area contributed by atoms with Crippen LogP contribution in [0.25, 0.3) is 0 Å². The zero-order valence-electron chi connectivity index (χ0n) is 9.68. The first kappa shape index (κ1) is 12.9. The summed E-state index contributed by atoms with van der Waals surface area (Å²) in [6, 6.07) is 0. The molecule has 0 heterocycles. The molecule has 0 fully saturated rings. The Morgan fingerprint density at radius 2 is 2.00 bits per heavy atom. The maximum Gasteiger partial charge on any atom is 0.0468 e. The van der Waals surface area contributed by atoms with Crippen LogP contribution in [0.2, 0.25) is 0 Å². The highest BCUT2D eigenvalue weighted by Gasteiger charge is 2.04. The van der Waals surface area contributed by atoms with Crippen LogP contribution in [0, 0.1) is 5.92 Å². The summed E-state index contributed by atoms with van der Waals surface area (Å²) in [4.78, 5) is 2.40. The van der Waals surface area contributed by atoms with Crippen LogP contribution in [0.1, 0.15) is 33.6 Å². The van der Waals surface area contributed by atoms with E-state index >= 15 is 0 Å². The van der Waals surface area contributed by atoms with Gasteiger partial charge in [-0.3, -0.25) is 0 Å². The molecule has 0 rings (SSSR count). The third-order valence-corrected chi connectivity index (χ3v) is 2.19. The quantitative estimate of drug-likeness (QED) is 0.541. The van der Waals surface area contributed by atoms with Gasteiger partial charge in [0.1, 0.15) is 0 Å². The lowest BCUT2D eigenvalue weighted by molar-refractivity contribution is 0.127. The van der Waals surface area contributed by atoms with E-state index in [1.807, 2.05) is 6.92 Å². The van der Waals surface area contributed by atoms with Crippen molar-refractivity contribution < 1.29 is 4.74 Å². The molecule has 0 radical (unpaired) electrons. The van der Waals surface area contributed by atoms with Crippen LogP contribution in [-0.2, 0) is 4.74 Å². The predicted octanol–water partition coefficient (Wildman–Crippen LogP) is 2.39. The van der Waals surface area contributed by atoms with Gasteiger partial charge in [0, 0.05) is 19.8 Å². The Hall–Kier alpha value is -0.0800. The van der Waals surface area contributed by atoms with Crippen LogP contribution < -0.4 is 0 Å². The van der Waals surface area contributed by atoms with E-state index in [9.17, 15) is 0 Å². The Morgan fingerprint density at radius 1 is 1.31 bits per heavy atom. The van der Waals surface area contributed by atoms with Gasteiger partial charge in [0.05, 0.1) is 0 Å². The van der Waals surface area contributed by atoms with E-state index < -0.39 is 0 Å². The fraction of sp³-hybridized carbons (Fsp3) is 1.00. The van der Waals surface area contributed by atoms with Gasteiger partial charge < -0.3 is 9.64 Å². The van der Waals surface area contributed by atoms with Crippen molar-refractivity contribution >= 4 is 0 Å². The van der Waals surface area contributed by atoms with E-state index in [-0.39, 0.29) is 0 Å². The molecule has 0 aliphatic heterocycles. The first-order valence-electron chi connectivity index (χ1n) is 5.47. The zero-order valence-corrected chi connectivity index (χ0v) is 9.68. The Balaban J connectivity index is 3.32. The van der Waals surface area contributed by atoms with Gasteiger partial charge in [0.15, 0.2) is 0 Å². The van der Waals surface area contributed by atoms with E-state index in [0.717, 1.165) is 19.1 Å². The van der Waals surface area contributed by atoms with Crippen molar-refractivity contribution in [2.24, 2.45) is 5.92 Å². The highest BCUT2D eigenvalue weighted by atomic mass is 16.5. The fourth-order valence-electron chi connectivity index (χ4n) is 1.53. The number of rotatable bonds is 8. The topological polar surface area (TPSA) is 12.5 Å². The molecule has 1 unspecified atom stereocenters. The molecule has 0 aromatic rings. The van der Waals surface area contributed by atoms with Crippen LogP contribution in [-0.4, -0.2) is 38.3 Å². The third-order valence-electron chi connectivity index (χ3n) is 2.19. The zero-order chi connectivity index (χ0) is 10.1. The van der Waals surface area contributed by atoms with Gasteiger partial charge >= 0.3 is 0 Å². The van der Waals surface area contributed by atoms with E-state index in [4.69, 9.17) is 4.74 Å². The molecule has 0 bridgehead atoms. The molecule has 0 aliphatic rings. The lowest BCUT2D eigenvalue weighted by Gasteiger charge is -2.20. The largest absolute Gasteiger partial charge is 0.382 e. The van der Waals surface area contributed by atoms with Gasteiger partial charge in [-0.2, -0.15) is 0 Å².